The number of fused-ring (bicyclic) bond motifs is 2. The summed E-state index contributed by atoms with van der Waals surface area (Å²) in [5.74, 6) is 0.952. The summed E-state index contributed by atoms with van der Waals surface area (Å²) in [4.78, 5) is 29.5. The zero-order valence-corrected chi connectivity index (χ0v) is 25.4. The monoisotopic (exact) mass is 582 g/mol. The van der Waals surface area contributed by atoms with Gasteiger partial charge >= 0.3 is 0 Å². The van der Waals surface area contributed by atoms with Crippen LogP contribution in [0.25, 0.3) is 10.9 Å². The Morgan fingerprint density at radius 3 is 2.79 bits per heavy atom. The number of benzene rings is 1. The molecule has 2 aliphatic heterocycles. The highest BCUT2D eigenvalue weighted by atomic mass is 16.3. The van der Waals surface area contributed by atoms with Gasteiger partial charge in [0.15, 0.2) is 0 Å². The van der Waals surface area contributed by atoms with E-state index in [-0.39, 0.29) is 11.3 Å². The highest BCUT2D eigenvalue weighted by molar-refractivity contribution is 6.01. The summed E-state index contributed by atoms with van der Waals surface area (Å²) in [6.45, 7) is 10.4. The fourth-order valence-corrected chi connectivity index (χ4v) is 6.68. The molecule has 1 aliphatic carbocycles. The van der Waals surface area contributed by atoms with Gasteiger partial charge in [0.25, 0.3) is 5.91 Å². The first-order valence-electron chi connectivity index (χ1n) is 15.3. The fraction of sp³-hybridized carbons (Fsp3) is 0.455. The molecule has 0 spiro atoms. The van der Waals surface area contributed by atoms with E-state index in [2.05, 4.69) is 75.3 Å². The lowest BCUT2D eigenvalue weighted by atomic mass is 9.79. The summed E-state index contributed by atoms with van der Waals surface area (Å²) in [7, 11) is 2.18. The van der Waals surface area contributed by atoms with Crippen molar-refractivity contribution >= 4 is 40.0 Å². The summed E-state index contributed by atoms with van der Waals surface area (Å²) in [6.07, 6.45) is 12.6. The third-order valence-electron chi connectivity index (χ3n) is 9.41. The number of nitrogens with zero attached hydrogens (tertiary/aromatic N) is 5. The average Bonchev–Trinajstić information content (AvgIpc) is 3.55. The number of nitrogens with one attached hydrogen (secondary N) is 3. The summed E-state index contributed by atoms with van der Waals surface area (Å²) in [5, 5.41) is 21.8. The Bertz CT molecular complexity index is 1600. The van der Waals surface area contributed by atoms with Crippen LogP contribution < -0.4 is 16.0 Å². The van der Waals surface area contributed by atoms with Gasteiger partial charge < -0.3 is 30.5 Å². The van der Waals surface area contributed by atoms with Gasteiger partial charge in [-0.25, -0.2) is 9.98 Å². The van der Waals surface area contributed by atoms with E-state index in [1.807, 2.05) is 19.1 Å². The van der Waals surface area contributed by atoms with E-state index in [9.17, 15) is 9.90 Å². The van der Waals surface area contributed by atoms with Crippen LogP contribution in [0.15, 0.2) is 66.2 Å². The van der Waals surface area contributed by atoms with Crippen molar-refractivity contribution in [3.63, 3.8) is 0 Å². The molecule has 1 amide bonds. The molecule has 43 heavy (non-hydrogen) atoms. The van der Waals surface area contributed by atoms with E-state index < -0.39 is 5.60 Å². The molecule has 226 valence electrons. The number of hydrogen-bond acceptors (Lipinski definition) is 8. The highest BCUT2D eigenvalue weighted by Gasteiger charge is 2.50. The largest absolute Gasteiger partial charge is 0.384 e. The van der Waals surface area contributed by atoms with Crippen molar-refractivity contribution in [2.75, 3.05) is 37.3 Å². The molecule has 2 fully saturated rings. The maximum absolute atomic E-state index is 13.0. The van der Waals surface area contributed by atoms with Crippen LogP contribution in [-0.2, 0) is 0 Å². The number of carbonyl (C=O) groups excluding carboxylic acids is 1. The Labute approximate surface area is 253 Å². The molecule has 4 N–H and O–H groups in total. The molecule has 0 radical (unpaired) electrons. The van der Waals surface area contributed by atoms with Crippen molar-refractivity contribution in [3.05, 3.63) is 66.8 Å². The summed E-state index contributed by atoms with van der Waals surface area (Å²) in [6, 6.07) is 8.95. The number of aromatic nitrogens is 3. The van der Waals surface area contributed by atoms with Gasteiger partial charge in [0.2, 0.25) is 5.95 Å². The van der Waals surface area contributed by atoms with Crippen LogP contribution in [0.4, 0.5) is 17.5 Å². The normalized spacial score (nSPS) is 24.3. The Kier molecular flexibility index (Phi) is 7.83. The fourth-order valence-electron chi connectivity index (χ4n) is 6.68. The van der Waals surface area contributed by atoms with Gasteiger partial charge in [-0.05, 0) is 89.0 Å². The molecule has 2 atom stereocenters. The second-order valence-corrected chi connectivity index (χ2v) is 12.4. The first-order valence-corrected chi connectivity index (χ1v) is 15.3. The molecule has 3 aliphatic rings. The third kappa shape index (κ3) is 5.69. The van der Waals surface area contributed by atoms with E-state index >= 15 is 0 Å². The Hall–Kier alpha value is -4.02. The van der Waals surface area contributed by atoms with Gasteiger partial charge in [0, 0.05) is 47.0 Å². The van der Waals surface area contributed by atoms with Gasteiger partial charge in [0.05, 0.1) is 5.71 Å². The van der Waals surface area contributed by atoms with Crippen molar-refractivity contribution in [3.8, 4) is 0 Å². The number of piperidine rings is 1. The van der Waals surface area contributed by atoms with Crippen LogP contribution in [-0.4, -0.2) is 68.4 Å². The lowest BCUT2D eigenvalue weighted by molar-refractivity contribution is 0.0958. The third-order valence-corrected chi connectivity index (χ3v) is 9.41. The van der Waals surface area contributed by atoms with E-state index in [0.29, 0.717) is 48.6 Å². The summed E-state index contributed by atoms with van der Waals surface area (Å²) >= 11 is 0. The number of likely N-dealkylation sites (tertiary alicyclic amines) is 1. The Morgan fingerprint density at radius 2 is 2.02 bits per heavy atom. The van der Waals surface area contributed by atoms with E-state index in [4.69, 9.17) is 9.98 Å². The smallest absolute Gasteiger partial charge is 0.256 e. The number of amides is 1. The second kappa shape index (κ2) is 11.6. The van der Waals surface area contributed by atoms with Gasteiger partial charge in [-0.2, -0.15) is 4.98 Å². The predicted octanol–water partition coefficient (Wildman–Crippen LogP) is 5.40. The van der Waals surface area contributed by atoms with Crippen LogP contribution in [0.1, 0.15) is 68.8 Å². The van der Waals surface area contributed by atoms with E-state index in [0.717, 1.165) is 55.6 Å². The number of carbonyl (C=O) groups is 1. The van der Waals surface area contributed by atoms with Gasteiger partial charge in [-0.3, -0.25) is 4.79 Å². The van der Waals surface area contributed by atoms with Crippen molar-refractivity contribution in [1.29, 1.82) is 0 Å². The Balaban J connectivity index is 1.26. The number of aliphatic imine (C=N–C) groups is 1. The SMILES string of the molecule is C=CCNC(=O)c1cnc(Nc2ccc3c(ccn3C3CCN(C)CC3)c2)nc1NC1=CCC2(C)CCC(O)(CC)C2=N1. The zero-order chi connectivity index (χ0) is 30.2. The van der Waals surface area contributed by atoms with Gasteiger partial charge in [-0.15, -0.1) is 6.58 Å². The lowest BCUT2D eigenvalue weighted by Crippen LogP contribution is -2.40. The number of aliphatic hydroxyl groups is 1. The first-order chi connectivity index (χ1) is 20.7. The van der Waals surface area contributed by atoms with Gasteiger partial charge in [0.1, 0.15) is 22.8 Å². The van der Waals surface area contributed by atoms with Crippen molar-refractivity contribution in [2.24, 2.45) is 10.4 Å². The second-order valence-electron chi connectivity index (χ2n) is 12.4. The quantitative estimate of drug-likeness (QED) is 0.250. The van der Waals surface area contributed by atoms with Crippen LogP contribution in [0.2, 0.25) is 0 Å². The molecule has 3 aromatic rings. The number of allylic oxidation sites excluding steroid dienone is 1. The van der Waals surface area contributed by atoms with Crippen molar-refractivity contribution < 1.29 is 9.90 Å². The molecule has 4 heterocycles. The number of rotatable bonds is 9. The standard InChI is InChI=1S/C33H42N8O2/c1-5-16-34-29(42)25-21-35-31(39-28(25)37-27-9-13-32(3)14-15-33(43,6-2)30(32)38-27)36-23-7-8-26-22(20-23)10-19-41(26)24-11-17-40(4)18-12-24/h5,7-10,19-21,24,43H,1,6,11-18H2,2-4H3,(H,34,42)(H2,35,36,37,39). The van der Waals surface area contributed by atoms with Gasteiger partial charge in [-0.1, -0.05) is 19.9 Å². The Morgan fingerprint density at radius 1 is 1.21 bits per heavy atom. The van der Waals surface area contributed by atoms with Crippen LogP contribution in [0, 0.1) is 5.41 Å². The molecule has 2 unspecified atom stereocenters. The molecule has 6 rings (SSSR count). The van der Waals surface area contributed by atoms with Crippen LogP contribution in [0.3, 0.4) is 0 Å². The summed E-state index contributed by atoms with van der Waals surface area (Å²) in [5.41, 5.74) is 2.09. The molecule has 10 heteroatoms. The van der Waals surface area contributed by atoms with Crippen molar-refractivity contribution in [1.82, 2.24) is 24.8 Å². The molecular weight excluding hydrogens is 540 g/mol. The number of anilines is 3. The maximum Gasteiger partial charge on any atom is 0.256 e. The number of hydrogen-bond donors (Lipinski definition) is 4. The molecule has 10 nitrogen and oxygen atoms in total. The topological polar surface area (TPSA) is 120 Å². The molecule has 1 saturated heterocycles. The van der Waals surface area contributed by atoms with Crippen molar-refractivity contribution in [2.45, 2.75) is 64.0 Å². The summed E-state index contributed by atoms with van der Waals surface area (Å²) < 4.78 is 2.40. The minimum absolute atomic E-state index is 0.163. The first kappa shape index (κ1) is 29.1. The highest BCUT2D eigenvalue weighted by Crippen LogP contribution is 2.48. The minimum Gasteiger partial charge on any atom is -0.384 e. The molecule has 0 bridgehead atoms. The molecule has 1 saturated carbocycles. The zero-order valence-electron chi connectivity index (χ0n) is 25.4. The predicted molar refractivity (Wildman–Crippen MR) is 172 cm³/mol. The molecule has 2 aromatic heterocycles. The molecular formula is C33H42N8O2. The minimum atomic E-state index is -0.913. The maximum atomic E-state index is 13.0. The van der Waals surface area contributed by atoms with E-state index in [1.54, 1.807) is 6.08 Å². The van der Waals surface area contributed by atoms with Crippen LogP contribution >= 0.6 is 0 Å². The molecule has 1 aromatic carbocycles. The van der Waals surface area contributed by atoms with E-state index in [1.165, 1.54) is 11.7 Å². The van der Waals surface area contributed by atoms with Crippen LogP contribution in [0.5, 0.6) is 0 Å². The lowest BCUT2D eigenvalue weighted by Gasteiger charge is -2.32. The average molecular weight is 583 g/mol.